The first-order valence-corrected chi connectivity index (χ1v) is 9.42. The average molecular weight is 329 g/mol. The van der Waals surface area contributed by atoms with Crippen LogP contribution in [-0.2, 0) is 11.3 Å². The number of piperidine rings is 2. The van der Waals surface area contributed by atoms with E-state index in [1.54, 1.807) is 0 Å². The fourth-order valence-corrected chi connectivity index (χ4v) is 3.85. The summed E-state index contributed by atoms with van der Waals surface area (Å²) in [6.45, 7) is 7.35. The van der Waals surface area contributed by atoms with Crippen molar-refractivity contribution in [3.8, 4) is 0 Å². The van der Waals surface area contributed by atoms with Gasteiger partial charge in [-0.15, -0.1) is 0 Å². The van der Waals surface area contributed by atoms with E-state index < -0.39 is 0 Å². The molecule has 2 saturated heterocycles. The molecule has 2 aliphatic rings. The van der Waals surface area contributed by atoms with E-state index in [0.29, 0.717) is 6.54 Å². The van der Waals surface area contributed by atoms with Crippen molar-refractivity contribution < 1.29 is 4.79 Å². The highest BCUT2D eigenvalue weighted by molar-refractivity contribution is 5.78. The zero-order valence-electron chi connectivity index (χ0n) is 15.1. The van der Waals surface area contributed by atoms with Gasteiger partial charge in [0, 0.05) is 31.2 Å². The Morgan fingerprint density at radius 2 is 1.83 bits per heavy atom. The molecule has 1 atom stereocenters. The van der Waals surface area contributed by atoms with Crippen molar-refractivity contribution in [2.45, 2.75) is 39.2 Å². The minimum atomic E-state index is 0.190. The Morgan fingerprint density at radius 1 is 1.12 bits per heavy atom. The second-order valence-corrected chi connectivity index (χ2v) is 7.66. The van der Waals surface area contributed by atoms with E-state index >= 15 is 0 Å². The van der Waals surface area contributed by atoms with Gasteiger partial charge in [-0.1, -0.05) is 19.1 Å². The molecule has 1 N–H and O–H groups in total. The number of nitrogens with one attached hydrogen (secondary N) is 1. The number of hydrogen-bond acceptors (Lipinski definition) is 3. The lowest BCUT2D eigenvalue weighted by Gasteiger charge is -2.32. The predicted octanol–water partition coefficient (Wildman–Crippen LogP) is 2.88. The molecule has 0 unspecified atom stereocenters. The zero-order chi connectivity index (χ0) is 16.9. The third-order valence-corrected chi connectivity index (χ3v) is 5.51. The predicted molar refractivity (Wildman–Crippen MR) is 99.1 cm³/mol. The molecule has 2 fully saturated rings. The summed E-state index contributed by atoms with van der Waals surface area (Å²) in [5.41, 5.74) is 2.50. The molecule has 132 valence electrons. The molecule has 1 aromatic rings. The first-order chi connectivity index (χ1) is 11.6. The molecule has 0 saturated carbocycles. The lowest BCUT2D eigenvalue weighted by atomic mass is 9.96. The summed E-state index contributed by atoms with van der Waals surface area (Å²) < 4.78 is 0. The van der Waals surface area contributed by atoms with Crippen molar-refractivity contribution in [2.75, 3.05) is 38.1 Å². The molecule has 1 aromatic carbocycles. The summed E-state index contributed by atoms with van der Waals surface area (Å²) >= 11 is 0. The van der Waals surface area contributed by atoms with Gasteiger partial charge in [0.15, 0.2) is 0 Å². The first kappa shape index (κ1) is 17.3. The highest BCUT2D eigenvalue weighted by Gasteiger charge is 2.23. The number of carbonyl (C=O) groups is 1. The molecule has 2 aliphatic heterocycles. The first-order valence-electron chi connectivity index (χ1n) is 9.42. The van der Waals surface area contributed by atoms with Crippen LogP contribution in [0, 0.1) is 11.8 Å². The maximum atomic E-state index is 12.3. The van der Waals surface area contributed by atoms with Crippen molar-refractivity contribution in [1.82, 2.24) is 10.2 Å². The maximum absolute atomic E-state index is 12.3. The molecule has 0 aromatic heterocycles. The Hall–Kier alpha value is -1.55. The van der Waals surface area contributed by atoms with Gasteiger partial charge in [0.2, 0.25) is 5.91 Å². The van der Waals surface area contributed by atoms with Crippen LogP contribution in [0.15, 0.2) is 24.3 Å². The molecule has 0 aliphatic carbocycles. The van der Waals surface area contributed by atoms with Crippen LogP contribution in [0.25, 0.3) is 0 Å². The van der Waals surface area contributed by atoms with Gasteiger partial charge in [-0.3, -0.25) is 4.79 Å². The van der Waals surface area contributed by atoms with Gasteiger partial charge < -0.3 is 15.1 Å². The maximum Gasteiger partial charge on any atom is 0.223 e. The number of anilines is 1. The third-order valence-electron chi connectivity index (χ3n) is 5.51. The van der Waals surface area contributed by atoms with Gasteiger partial charge >= 0.3 is 0 Å². The molecule has 24 heavy (non-hydrogen) atoms. The molecule has 1 amide bonds. The van der Waals surface area contributed by atoms with Gasteiger partial charge in [0.25, 0.3) is 0 Å². The van der Waals surface area contributed by atoms with Crippen molar-refractivity contribution in [1.29, 1.82) is 0 Å². The van der Waals surface area contributed by atoms with E-state index in [4.69, 9.17) is 0 Å². The number of nitrogens with zero attached hydrogens (tertiary/aromatic N) is 2. The number of benzene rings is 1. The van der Waals surface area contributed by atoms with E-state index in [2.05, 4.69) is 53.4 Å². The van der Waals surface area contributed by atoms with Crippen LogP contribution in [0.3, 0.4) is 0 Å². The number of rotatable bonds is 4. The standard InChI is InChI=1S/C20H31N3O/c1-16-4-3-11-23(15-16)19-7-5-17(6-8-19)14-21-20(24)18-9-12-22(2)13-10-18/h5-8,16,18H,3-4,9-15H2,1-2H3,(H,21,24)/t16-/m0/s1. The van der Waals surface area contributed by atoms with Crippen LogP contribution in [0.4, 0.5) is 5.69 Å². The molecule has 3 rings (SSSR count). The number of amides is 1. The van der Waals surface area contributed by atoms with Crippen LogP contribution in [0.5, 0.6) is 0 Å². The summed E-state index contributed by atoms with van der Waals surface area (Å²) in [6.07, 6.45) is 4.59. The second kappa shape index (κ2) is 8.02. The van der Waals surface area contributed by atoms with Crippen molar-refractivity contribution in [3.63, 3.8) is 0 Å². The fourth-order valence-electron chi connectivity index (χ4n) is 3.85. The summed E-state index contributed by atoms with van der Waals surface area (Å²) in [5.74, 6) is 1.19. The number of carbonyl (C=O) groups excluding carboxylic acids is 1. The smallest absolute Gasteiger partial charge is 0.223 e. The van der Waals surface area contributed by atoms with E-state index in [1.165, 1.54) is 24.1 Å². The van der Waals surface area contributed by atoms with Crippen LogP contribution >= 0.6 is 0 Å². The lowest BCUT2D eigenvalue weighted by Crippen LogP contribution is -2.38. The molecular weight excluding hydrogens is 298 g/mol. The van der Waals surface area contributed by atoms with Gasteiger partial charge in [-0.2, -0.15) is 0 Å². The molecule has 2 heterocycles. The Morgan fingerprint density at radius 3 is 2.50 bits per heavy atom. The van der Waals surface area contributed by atoms with E-state index in [-0.39, 0.29) is 11.8 Å². The Balaban J connectivity index is 1.48. The van der Waals surface area contributed by atoms with Crippen molar-refractivity contribution in [3.05, 3.63) is 29.8 Å². The molecule has 0 bridgehead atoms. The quantitative estimate of drug-likeness (QED) is 0.922. The van der Waals surface area contributed by atoms with E-state index in [1.807, 2.05) is 0 Å². The molecule has 4 heteroatoms. The number of likely N-dealkylation sites (tertiary alicyclic amines) is 1. The van der Waals surface area contributed by atoms with Gasteiger partial charge in [-0.25, -0.2) is 0 Å². The Bertz CT molecular complexity index is 534. The summed E-state index contributed by atoms with van der Waals surface area (Å²) in [7, 11) is 2.12. The molecule has 0 radical (unpaired) electrons. The van der Waals surface area contributed by atoms with Crippen LogP contribution < -0.4 is 10.2 Å². The second-order valence-electron chi connectivity index (χ2n) is 7.66. The Kier molecular flexibility index (Phi) is 5.77. The average Bonchev–Trinajstić information content (AvgIpc) is 2.61. The monoisotopic (exact) mass is 329 g/mol. The Labute approximate surface area is 146 Å². The van der Waals surface area contributed by atoms with Crippen LogP contribution in [-0.4, -0.2) is 44.0 Å². The van der Waals surface area contributed by atoms with Crippen LogP contribution in [0.1, 0.15) is 38.2 Å². The van der Waals surface area contributed by atoms with Crippen molar-refractivity contribution in [2.24, 2.45) is 11.8 Å². The largest absolute Gasteiger partial charge is 0.371 e. The number of hydrogen-bond donors (Lipinski definition) is 1. The van der Waals surface area contributed by atoms with Gasteiger partial charge in [0.05, 0.1) is 0 Å². The fraction of sp³-hybridized carbons (Fsp3) is 0.650. The van der Waals surface area contributed by atoms with Crippen LogP contribution in [0.2, 0.25) is 0 Å². The third kappa shape index (κ3) is 4.50. The SMILES string of the molecule is C[C@H]1CCCN(c2ccc(CNC(=O)C3CCN(C)CC3)cc2)C1. The topological polar surface area (TPSA) is 35.6 Å². The van der Waals surface area contributed by atoms with E-state index in [0.717, 1.165) is 44.9 Å². The highest BCUT2D eigenvalue weighted by atomic mass is 16.1. The summed E-state index contributed by atoms with van der Waals surface area (Å²) in [4.78, 5) is 17.1. The summed E-state index contributed by atoms with van der Waals surface area (Å²) in [6, 6.07) is 8.72. The summed E-state index contributed by atoms with van der Waals surface area (Å²) in [5, 5.41) is 3.12. The van der Waals surface area contributed by atoms with Gasteiger partial charge in [-0.05, 0) is 69.4 Å². The zero-order valence-corrected chi connectivity index (χ0v) is 15.1. The minimum Gasteiger partial charge on any atom is -0.371 e. The normalized spacial score (nSPS) is 23.2. The van der Waals surface area contributed by atoms with Gasteiger partial charge in [0.1, 0.15) is 0 Å². The highest BCUT2D eigenvalue weighted by Crippen LogP contribution is 2.23. The van der Waals surface area contributed by atoms with Crippen molar-refractivity contribution >= 4 is 11.6 Å². The minimum absolute atomic E-state index is 0.190. The molecular formula is C20H31N3O. The molecule has 0 spiro atoms. The van der Waals surface area contributed by atoms with E-state index in [9.17, 15) is 4.79 Å². The molecule has 4 nitrogen and oxygen atoms in total. The lowest BCUT2D eigenvalue weighted by molar-refractivity contribution is -0.126.